The lowest BCUT2D eigenvalue weighted by Crippen LogP contribution is -2.23. The standard InChI is InChI=1S/C20H16F2N2O4/c1-24-18(23-16-5-3-2-4-13(16)20(24)27)8-9-19(26)28-11-17(25)14-10-12(21)6-7-15(14)22/h2-7,10H,8-9,11H2,1H3. The lowest BCUT2D eigenvalue weighted by molar-refractivity contribution is -0.142. The summed E-state index contributed by atoms with van der Waals surface area (Å²) in [4.78, 5) is 40.5. The number of ketones is 1. The summed E-state index contributed by atoms with van der Waals surface area (Å²) in [6.07, 6.45) is -0.00451. The highest BCUT2D eigenvalue weighted by molar-refractivity contribution is 5.98. The van der Waals surface area contributed by atoms with E-state index in [-0.39, 0.29) is 18.4 Å². The zero-order chi connectivity index (χ0) is 20.3. The van der Waals surface area contributed by atoms with E-state index in [9.17, 15) is 23.2 Å². The molecular weight excluding hydrogens is 370 g/mol. The SMILES string of the molecule is Cn1c(CCC(=O)OCC(=O)c2cc(F)ccc2F)nc2ccccc2c1=O. The van der Waals surface area contributed by atoms with Crippen LogP contribution in [0.2, 0.25) is 0 Å². The average molecular weight is 386 g/mol. The van der Waals surface area contributed by atoms with Gasteiger partial charge in [-0.3, -0.25) is 19.0 Å². The van der Waals surface area contributed by atoms with Gasteiger partial charge in [0.15, 0.2) is 6.61 Å². The molecule has 0 fully saturated rings. The van der Waals surface area contributed by atoms with E-state index in [0.29, 0.717) is 16.7 Å². The molecule has 0 bridgehead atoms. The molecule has 6 nitrogen and oxygen atoms in total. The number of hydrogen-bond donors (Lipinski definition) is 0. The molecule has 0 atom stereocenters. The molecule has 3 aromatic rings. The minimum atomic E-state index is -0.891. The van der Waals surface area contributed by atoms with Crippen molar-refractivity contribution >= 4 is 22.7 Å². The largest absolute Gasteiger partial charge is 0.457 e. The van der Waals surface area contributed by atoms with E-state index in [1.54, 1.807) is 31.3 Å². The molecule has 0 saturated heterocycles. The molecule has 144 valence electrons. The summed E-state index contributed by atoms with van der Waals surface area (Å²) in [5.41, 5.74) is -0.192. The van der Waals surface area contributed by atoms with Crippen molar-refractivity contribution in [3.63, 3.8) is 0 Å². The van der Waals surface area contributed by atoms with Crippen LogP contribution in [0.15, 0.2) is 47.3 Å². The van der Waals surface area contributed by atoms with Gasteiger partial charge in [0.05, 0.1) is 22.9 Å². The highest BCUT2D eigenvalue weighted by atomic mass is 19.1. The van der Waals surface area contributed by atoms with E-state index in [2.05, 4.69) is 4.98 Å². The van der Waals surface area contributed by atoms with E-state index in [4.69, 9.17) is 4.74 Å². The van der Waals surface area contributed by atoms with Gasteiger partial charge in [-0.05, 0) is 30.3 Å². The first-order valence-electron chi connectivity index (χ1n) is 8.45. The van der Waals surface area contributed by atoms with Crippen LogP contribution < -0.4 is 5.56 Å². The number of aryl methyl sites for hydroxylation is 1. The van der Waals surface area contributed by atoms with Crippen molar-refractivity contribution in [2.45, 2.75) is 12.8 Å². The van der Waals surface area contributed by atoms with Gasteiger partial charge < -0.3 is 4.74 Å². The highest BCUT2D eigenvalue weighted by Gasteiger charge is 2.16. The first kappa shape index (κ1) is 19.3. The van der Waals surface area contributed by atoms with Crippen molar-refractivity contribution in [1.82, 2.24) is 9.55 Å². The maximum atomic E-state index is 13.6. The van der Waals surface area contributed by atoms with Gasteiger partial charge in [0.25, 0.3) is 5.56 Å². The van der Waals surface area contributed by atoms with Gasteiger partial charge in [0, 0.05) is 13.5 Å². The molecule has 3 rings (SSSR count). The van der Waals surface area contributed by atoms with Crippen LogP contribution in [0.3, 0.4) is 0 Å². The first-order valence-corrected chi connectivity index (χ1v) is 8.45. The van der Waals surface area contributed by atoms with Crippen molar-refractivity contribution < 1.29 is 23.1 Å². The Morgan fingerprint density at radius 2 is 1.89 bits per heavy atom. The number of carbonyl (C=O) groups is 2. The van der Waals surface area contributed by atoms with Crippen molar-refractivity contribution in [3.8, 4) is 0 Å². The van der Waals surface area contributed by atoms with Crippen LogP contribution in [0.5, 0.6) is 0 Å². The maximum Gasteiger partial charge on any atom is 0.306 e. The third kappa shape index (κ3) is 4.11. The first-order chi connectivity index (χ1) is 13.4. The smallest absolute Gasteiger partial charge is 0.306 e. The molecule has 2 aromatic carbocycles. The molecule has 0 spiro atoms. The Morgan fingerprint density at radius 1 is 1.14 bits per heavy atom. The predicted octanol–water partition coefficient (Wildman–Crippen LogP) is 2.57. The Hall–Kier alpha value is -3.42. The molecule has 1 heterocycles. The van der Waals surface area contributed by atoms with E-state index in [1.165, 1.54) is 4.57 Å². The van der Waals surface area contributed by atoms with Gasteiger partial charge in [-0.2, -0.15) is 0 Å². The number of esters is 1. The molecule has 0 amide bonds. The van der Waals surface area contributed by atoms with Crippen LogP contribution >= 0.6 is 0 Å². The minimum Gasteiger partial charge on any atom is -0.457 e. The molecule has 8 heteroatoms. The molecule has 0 aliphatic carbocycles. The topological polar surface area (TPSA) is 78.3 Å². The fourth-order valence-corrected chi connectivity index (χ4v) is 2.71. The number of aromatic nitrogens is 2. The zero-order valence-corrected chi connectivity index (χ0v) is 14.9. The van der Waals surface area contributed by atoms with Crippen LogP contribution in [-0.4, -0.2) is 27.9 Å². The van der Waals surface area contributed by atoms with Gasteiger partial charge in [0.1, 0.15) is 17.5 Å². The summed E-state index contributed by atoms with van der Waals surface area (Å²) in [6.45, 7) is -0.705. The van der Waals surface area contributed by atoms with Gasteiger partial charge in [-0.25, -0.2) is 13.8 Å². The van der Waals surface area contributed by atoms with Crippen LogP contribution in [0, 0.1) is 11.6 Å². The van der Waals surface area contributed by atoms with Crippen molar-refractivity contribution in [2.75, 3.05) is 6.61 Å². The molecule has 0 saturated carbocycles. The molecular formula is C20H16F2N2O4. The summed E-state index contributed by atoms with van der Waals surface area (Å²) in [7, 11) is 1.55. The lowest BCUT2D eigenvalue weighted by Gasteiger charge is -2.09. The predicted molar refractivity (Wildman–Crippen MR) is 97.0 cm³/mol. The van der Waals surface area contributed by atoms with Gasteiger partial charge in [0.2, 0.25) is 5.78 Å². The van der Waals surface area contributed by atoms with Crippen LogP contribution in [0.1, 0.15) is 22.6 Å². The molecule has 1 aromatic heterocycles. The van der Waals surface area contributed by atoms with E-state index >= 15 is 0 Å². The molecule has 0 aliphatic heterocycles. The van der Waals surface area contributed by atoms with Gasteiger partial charge in [-0.1, -0.05) is 12.1 Å². The summed E-state index contributed by atoms with van der Waals surface area (Å²) in [5, 5.41) is 0.471. The van der Waals surface area contributed by atoms with Crippen molar-refractivity contribution in [1.29, 1.82) is 0 Å². The summed E-state index contributed by atoms with van der Waals surface area (Å²) >= 11 is 0. The number of benzene rings is 2. The summed E-state index contributed by atoms with van der Waals surface area (Å²) < 4.78 is 32.9. The van der Waals surface area contributed by atoms with E-state index < -0.39 is 35.6 Å². The molecule has 0 radical (unpaired) electrons. The molecule has 0 unspecified atom stereocenters. The second-order valence-electron chi connectivity index (χ2n) is 6.12. The van der Waals surface area contributed by atoms with Crippen molar-refractivity contribution in [3.05, 3.63) is 75.8 Å². The number of Topliss-reactive ketones (excluding diaryl/α,β-unsaturated/α-hetero) is 1. The summed E-state index contributed by atoms with van der Waals surface area (Å²) in [5.74, 6) is -2.82. The van der Waals surface area contributed by atoms with E-state index in [1.807, 2.05) is 0 Å². The second-order valence-corrected chi connectivity index (χ2v) is 6.12. The normalized spacial score (nSPS) is 10.8. The quantitative estimate of drug-likeness (QED) is 0.481. The Bertz CT molecular complexity index is 1120. The fourth-order valence-electron chi connectivity index (χ4n) is 2.71. The molecule has 0 N–H and O–H groups in total. The Labute approximate surface area is 158 Å². The fraction of sp³-hybridized carbons (Fsp3) is 0.200. The van der Waals surface area contributed by atoms with Gasteiger partial charge >= 0.3 is 5.97 Å². The maximum absolute atomic E-state index is 13.6. The van der Waals surface area contributed by atoms with Crippen molar-refractivity contribution in [2.24, 2.45) is 7.05 Å². The minimum absolute atomic E-state index is 0.123. The third-order valence-corrected chi connectivity index (χ3v) is 4.22. The zero-order valence-electron chi connectivity index (χ0n) is 14.9. The lowest BCUT2D eigenvalue weighted by atomic mass is 10.1. The summed E-state index contributed by atoms with van der Waals surface area (Å²) in [6, 6.07) is 9.32. The number of carbonyl (C=O) groups excluding carboxylic acids is 2. The monoisotopic (exact) mass is 386 g/mol. The number of ether oxygens (including phenoxy) is 1. The Morgan fingerprint density at radius 3 is 2.68 bits per heavy atom. The number of para-hydroxylation sites is 1. The van der Waals surface area contributed by atoms with Gasteiger partial charge in [-0.15, -0.1) is 0 Å². The average Bonchev–Trinajstić information content (AvgIpc) is 2.69. The number of nitrogens with zero attached hydrogens (tertiary/aromatic N) is 2. The number of halogens is 2. The Balaban J connectivity index is 1.62. The molecule has 28 heavy (non-hydrogen) atoms. The Kier molecular flexibility index (Phi) is 5.58. The van der Waals surface area contributed by atoms with Crippen LogP contribution in [-0.2, 0) is 23.0 Å². The third-order valence-electron chi connectivity index (χ3n) is 4.22. The number of fused-ring (bicyclic) bond motifs is 1. The van der Waals surface area contributed by atoms with E-state index in [0.717, 1.165) is 18.2 Å². The van der Waals surface area contributed by atoms with Crippen LogP contribution in [0.4, 0.5) is 8.78 Å². The number of rotatable bonds is 6. The molecule has 0 aliphatic rings. The van der Waals surface area contributed by atoms with Crippen LogP contribution in [0.25, 0.3) is 10.9 Å². The number of hydrogen-bond acceptors (Lipinski definition) is 5. The second kappa shape index (κ2) is 8.08. The highest BCUT2D eigenvalue weighted by Crippen LogP contribution is 2.11.